The van der Waals surface area contributed by atoms with Gasteiger partial charge in [0.15, 0.2) is 0 Å². The number of ether oxygens (including phenoxy) is 1. The van der Waals surface area contributed by atoms with Crippen LogP contribution in [0.4, 0.5) is 5.69 Å². The third-order valence-corrected chi connectivity index (χ3v) is 4.08. The molecule has 7 heteroatoms. The summed E-state index contributed by atoms with van der Waals surface area (Å²) in [5.41, 5.74) is 1.41. The van der Waals surface area contributed by atoms with Gasteiger partial charge in [0.05, 0.1) is 7.11 Å². The lowest BCUT2D eigenvalue weighted by molar-refractivity contribution is -0.508. The molecule has 1 aliphatic rings. The lowest BCUT2D eigenvalue weighted by Crippen LogP contribution is -2.43. The maximum Gasteiger partial charge on any atom is 0.298 e. The summed E-state index contributed by atoms with van der Waals surface area (Å²) < 4.78 is 5.09. The van der Waals surface area contributed by atoms with Crippen LogP contribution in [0, 0.1) is 10.1 Å². The van der Waals surface area contributed by atoms with E-state index in [1.54, 1.807) is 36.4 Å². The summed E-state index contributed by atoms with van der Waals surface area (Å²) >= 11 is 5.95. The van der Waals surface area contributed by atoms with Crippen molar-refractivity contribution >= 4 is 23.1 Å². The molecule has 0 radical (unpaired) electrons. The van der Waals surface area contributed by atoms with Crippen molar-refractivity contribution in [2.75, 3.05) is 12.4 Å². The Morgan fingerprint density at radius 3 is 2.52 bits per heavy atom. The van der Waals surface area contributed by atoms with Gasteiger partial charge in [0.1, 0.15) is 11.8 Å². The fraction of sp³-hybridized carbons (Fsp3) is 0.188. The standard InChI is InChI=1S/C16H13ClN2O4/c1-23-11-5-2-9(3-6-11)14-15(19(21)22)16(20)12-7-4-10(17)8-13(12)18-14/h2-8,14-15,18H,1H3/t14-,15-/m0/s1. The van der Waals surface area contributed by atoms with Gasteiger partial charge in [0, 0.05) is 21.2 Å². The zero-order valence-corrected chi connectivity index (χ0v) is 12.9. The topological polar surface area (TPSA) is 81.5 Å². The number of Topliss-reactive ketones (excluding diaryl/α,β-unsaturated/α-hetero) is 1. The van der Waals surface area contributed by atoms with Gasteiger partial charge in [-0.15, -0.1) is 0 Å². The number of nitrogens with one attached hydrogen (secondary N) is 1. The van der Waals surface area contributed by atoms with E-state index in [4.69, 9.17) is 16.3 Å². The number of fused-ring (bicyclic) bond motifs is 1. The van der Waals surface area contributed by atoms with Gasteiger partial charge in [-0.25, -0.2) is 0 Å². The summed E-state index contributed by atoms with van der Waals surface area (Å²) in [6.07, 6.45) is 0. The van der Waals surface area contributed by atoms with Crippen molar-refractivity contribution in [3.8, 4) is 5.75 Å². The molecule has 1 aliphatic heterocycles. The van der Waals surface area contributed by atoms with Crippen LogP contribution < -0.4 is 10.1 Å². The van der Waals surface area contributed by atoms with E-state index >= 15 is 0 Å². The van der Waals surface area contributed by atoms with E-state index in [1.807, 2.05) is 0 Å². The molecule has 2 aromatic carbocycles. The van der Waals surface area contributed by atoms with Gasteiger partial charge < -0.3 is 10.1 Å². The average Bonchev–Trinajstić information content (AvgIpc) is 2.54. The molecule has 0 saturated carbocycles. The summed E-state index contributed by atoms with van der Waals surface area (Å²) in [4.78, 5) is 23.4. The molecule has 0 saturated heterocycles. The Kier molecular flexibility index (Phi) is 3.92. The first-order valence-electron chi connectivity index (χ1n) is 6.89. The van der Waals surface area contributed by atoms with Gasteiger partial charge in [-0.05, 0) is 35.9 Å². The number of hydrogen-bond donors (Lipinski definition) is 1. The first kappa shape index (κ1) is 15.3. The summed E-state index contributed by atoms with van der Waals surface area (Å²) in [7, 11) is 1.54. The molecule has 0 aliphatic carbocycles. The van der Waals surface area contributed by atoms with Crippen LogP contribution in [0.2, 0.25) is 5.02 Å². The highest BCUT2D eigenvalue weighted by molar-refractivity contribution is 6.31. The monoisotopic (exact) mass is 332 g/mol. The van der Waals surface area contributed by atoms with Crippen LogP contribution in [0.3, 0.4) is 0 Å². The number of methoxy groups -OCH3 is 1. The molecular weight excluding hydrogens is 320 g/mol. The second kappa shape index (κ2) is 5.89. The number of carbonyl (C=O) groups is 1. The summed E-state index contributed by atoms with van der Waals surface area (Å²) in [5.74, 6) is 0.109. The van der Waals surface area contributed by atoms with Crippen molar-refractivity contribution in [3.63, 3.8) is 0 Å². The number of anilines is 1. The molecule has 0 unspecified atom stereocenters. The van der Waals surface area contributed by atoms with Crippen LogP contribution in [0.5, 0.6) is 5.75 Å². The molecule has 0 aromatic heterocycles. The second-order valence-electron chi connectivity index (χ2n) is 5.18. The Balaban J connectivity index is 2.06. The molecule has 3 rings (SSSR count). The van der Waals surface area contributed by atoms with E-state index in [2.05, 4.69) is 5.32 Å². The molecule has 0 amide bonds. The number of carbonyl (C=O) groups excluding carboxylic acids is 1. The largest absolute Gasteiger partial charge is 0.497 e. The highest BCUT2D eigenvalue weighted by Gasteiger charge is 2.44. The minimum Gasteiger partial charge on any atom is -0.497 e. The van der Waals surface area contributed by atoms with Crippen molar-refractivity contribution in [2.45, 2.75) is 12.1 Å². The number of benzene rings is 2. The van der Waals surface area contributed by atoms with Crippen molar-refractivity contribution in [1.29, 1.82) is 0 Å². The predicted octanol–water partition coefficient (Wildman–Crippen LogP) is 3.34. The zero-order valence-electron chi connectivity index (χ0n) is 12.2. The first-order valence-corrected chi connectivity index (χ1v) is 7.27. The van der Waals surface area contributed by atoms with Gasteiger partial charge in [0.2, 0.25) is 5.78 Å². The zero-order chi connectivity index (χ0) is 16.6. The number of rotatable bonds is 3. The molecule has 118 valence electrons. The van der Waals surface area contributed by atoms with E-state index < -0.39 is 22.8 Å². The van der Waals surface area contributed by atoms with Crippen LogP contribution in [-0.4, -0.2) is 23.9 Å². The Labute approximate surface area is 137 Å². The Bertz CT molecular complexity index is 776. The maximum atomic E-state index is 12.5. The van der Waals surface area contributed by atoms with Crippen LogP contribution in [0.15, 0.2) is 42.5 Å². The van der Waals surface area contributed by atoms with Gasteiger partial charge >= 0.3 is 0 Å². The molecule has 2 atom stereocenters. The summed E-state index contributed by atoms with van der Waals surface area (Å²) in [6.45, 7) is 0. The van der Waals surface area contributed by atoms with Crippen molar-refractivity contribution < 1.29 is 14.5 Å². The fourth-order valence-electron chi connectivity index (χ4n) is 2.70. The van der Waals surface area contributed by atoms with Gasteiger partial charge in [0.25, 0.3) is 6.04 Å². The Morgan fingerprint density at radius 1 is 1.22 bits per heavy atom. The Morgan fingerprint density at radius 2 is 1.91 bits per heavy atom. The highest BCUT2D eigenvalue weighted by Crippen LogP contribution is 2.36. The summed E-state index contributed by atoms with van der Waals surface area (Å²) in [6, 6.07) is 9.30. The molecule has 0 fully saturated rings. The van der Waals surface area contributed by atoms with E-state index in [-0.39, 0.29) is 5.56 Å². The fourth-order valence-corrected chi connectivity index (χ4v) is 2.87. The predicted molar refractivity (Wildman–Crippen MR) is 85.9 cm³/mol. The number of nitrogens with zero attached hydrogens (tertiary/aromatic N) is 1. The molecule has 6 nitrogen and oxygen atoms in total. The highest BCUT2D eigenvalue weighted by atomic mass is 35.5. The van der Waals surface area contributed by atoms with Crippen molar-refractivity contribution in [3.05, 3.63) is 68.7 Å². The number of halogens is 1. The van der Waals surface area contributed by atoms with Crippen LogP contribution in [-0.2, 0) is 0 Å². The second-order valence-corrected chi connectivity index (χ2v) is 5.62. The van der Waals surface area contributed by atoms with E-state index in [1.165, 1.54) is 13.2 Å². The average molecular weight is 333 g/mol. The molecule has 0 bridgehead atoms. The number of nitro groups is 1. The van der Waals surface area contributed by atoms with Crippen LogP contribution in [0.1, 0.15) is 22.0 Å². The lowest BCUT2D eigenvalue weighted by Gasteiger charge is -2.29. The SMILES string of the molecule is COc1ccc([C@@H]2Nc3cc(Cl)ccc3C(=O)[C@H]2[N+](=O)[O-])cc1. The number of hydrogen-bond acceptors (Lipinski definition) is 5. The summed E-state index contributed by atoms with van der Waals surface area (Å²) in [5, 5.41) is 15.0. The van der Waals surface area contributed by atoms with E-state index in [9.17, 15) is 14.9 Å². The van der Waals surface area contributed by atoms with E-state index in [0.29, 0.717) is 22.0 Å². The lowest BCUT2D eigenvalue weighted by atomic mass is 9.88. The molecule has 1 N–H and O–H groups in total. The Hall–Kier alpha value is -2.60. The maximum absolute atomic E-state index is 12.5. The number of ketones is 1. The van der Waals surface area contributed by atoms with Gasteiger partial charge in [-0.3, -0.25) is 14.9 Å². The molecular formula is C16H13ClN2O4. The molecule has 2 aromatic rings. The molecule has 1 heterocycles. The third-order valence-electron chi connectivity index (χ3n) is 3.84. The van der Waals surface area contributed by atoms with E-state index in [0.717, 1.165) is 0 Å². The van der Waals surface area contributed by atoms with Gasteiger partial charge in [-0.1, -0.05) is 23.7 Å². The minimum atomic E-state index is -1.39. The quantitative estimate of drug-likeness (QED) is 0.688. The first-order chi connectivity index (χ1) is 11.0. The smallest absolute Gasteiger partial charge is 0.298 e. The molecule has 0 spiro atoms. The van der Waals surface area contributed by atoms with Gasteiger partial charge in [-0.2, -0.15) is 0 Å². The van der Waals surface area contributed by atoms with Crippen molar-refractivity contribution in [2.24, 2.45) is 0 Å². The molecule has 23 heavy (non-hydrogen) atoms. The van der Waals surface area contributed by atoms with Crippen LogP contribution >= 0.6 is 11.6 Å². The normalized spacial score (nSPS) is 19.7. The van der Waals surface area contributed by atoms with Crippen molar-refractivity contribution in [1.82, 2.24) is 0 Å². The third kappa shape index (κ3) is 2.73. The minimum absolute atomic E-state index is 0.279. The van der Waals surface area contributed by atoms with Crippen LogP contribution in [0.25, 0.3) is 0 Å².